The summed E-state index contributed by atoms with van der Waals surface area (Å²) in [6.45, 7) is 0. The Morgan fingerprint density at radius 1 is 1.04 bits per heavy atom. The van der Waals surface area contributed by atoms with Crippen LogP contribution in [0.2, 0.25) is 0 Å². The third-order valence-corrected chi connectivity index (χ3v) is 3.89. The highest BCUT2D eigenvalue weighted by Crippen LogP contribution is 2.26. The number of hydrogen-bond donors (Lipinski definition) is 1. The van der Waals surface area contributed by atoms with E-state index in [1.807, 2.05) is 36.4 Å². The molecule has 0 bridgehead atoms. The molecule has 0 radical (unpaired) electrons. The lowest BCUT2D eigenvalue weighted by Crippen LogP contribution is -2.10. The lowest BCUT2D eigenvalue weighted by atomic mass is 10.1. The van der Waals surface area contributed by atoms with Crippen LogP contribution in [0.3, 0.4) is 0 Å². The molecule has 1 N–H and O–H groups in total. The maximum Gasteiger partial charge on any atom is 0.173 e. The molecule has 0 saturated carbocycles. The second-order valence-corrected chi connectivity index (χ2v) is 5.28. The highest BCUT2D eigenvalue weighted by Gasteiger charge is 2.16. The average molecular weight is 313 g/mol. The Balaban J connectivity index is 2.10. The molecule has 0 aliphatic heterocycles. The topological polar surface area (TPSA) is 82.4 Å². The van der Waals surface area contributed by atoms with E-state index in [4.69, 9.17) is 4.42 Å². The van der Waals surface area contributed by atoms with Gasteiger partial charge in [0.1, 0.15) is 28.3 Å². The summed E-state index contributed by atoms with van der Waals surface area (Å²) in [5.41, 5.74) is 1.19. The summed E-state index contributed by atoms with van der Waals surface area (Å²) in [6.07, 6.45) is 1.73. The molecule has 4 aromatic rings. The Morgan fingerprint density at radius 3 is 2.58 bits per heavy atom. The number of nitriles is 1. The van der Waals surface area contributed by atoms with Gasteiger partial charge in [0.15, 0.2) is 5.76 Å². The maximum absolute atomic E-state index is 9.56. The molecule has 2 heterocycles. The van der Waals surface area contributed by atoms with Crippen molar-refractivity contribution in [2.24, 2.45) is 5.16 Å². The van der Waals surface area contributed by atoms with Crippen LogP contribution in [0, 0.1) is 11.3 Å². The standard InChI is InChI=1S/C19H11N3O2/c20-10-15-18(22-23)14-7-3-4-8-17(14)24-19(15)16-9-12-5-1-2-6-13(12)11-21-16/h1-9,11,23H. The Morgan fingerprint density at radius 2 is 1.79 bits per heavy atom. The number of fused-ring (bicyclic) bond motifs is 2. The third-order valence-electron chi connectivity index (χ3n) is 3.89. The molecule has 0 spiro atoms. The first-order valence-corrected chi connectivity index (χ1v) is 7.31. The van der Waals surface area contributed by atoms with Gasteiger partial charge in [-0.2, -0.15) is 5.26 Å². The van der Waals surface area contributed by atoms with E-state index in [1.165, 1.54) is 0 Å². The largest absolute Gasteiger partial charge is 0.453 e. The molecule has 114 valence electrons. The molecular formula is C19H11N3O2. The number of aromatic nitrogens is 1. The van der Waals surface area contributed by atoms with Crippen molar-refractivity contribution in [1.82, 2.24) is 4.98 Å². The van der Waals surface area contributed by atoms with Crippen molar-refractivity contribution in [1.29, 1.82) is 5.26 Å². The number of benzene rings is 2. The van der Waals surface area contributed by atoms with Crippen LogP contribution in [0.5, 0.6) is 0 Å². The Kier molecular flexibility index (Phi) is 3.22. The van der Waals surface area contributed by atoms with Crippen LogP contribution < -0.4 is 5.36 Å². The van der Waals surface area contributed by atoms with E-state index >= 15 is 0 Å². The van der Waals surface area contributed by atoms with Crippen LogP contribution in [0.15, 0.2) is 70.4 Å². The molecule has 0 atom stereocenters. The van der Waals surface area contributed by atoms with Crippen molar-refractivity contribution in [2.75, 3.05) is 0 Å². The number of pyridine rings is 1. The van der Waals surface area contributed by atoms with E-state index in [-0.39, 0.29) is 16.7 Å². The molecule has 0 aliphatic rings. The summed E-state index contributed by atoms with van der Waals surface area (Å²) < 4.78 is 5.91. The van der Waals surface area contributed by atoms with Gasteiger partial charge >= 0.3 is 0 Å². The Hall–Kier alpha value is -3.65. The van der Waals surface area contributed by atoms with Crippen molar-refractivity contribution < 1.29 is 9.62 Å². The van der Waals surface area contributed by atoms with E-state index in [1.54, 1.807) is 24.4 Å². The number of nitrogens with zero attached hydrogens (tertiary/aromatic N) is 3. The van der Waals surface area contributed by atoms with E-state index < -0.39 is 0 Å². The predicted molar refractivity (Wildman–Crippen MR) is 89.0 cm³/mol. The molecule has 0 saturated heterocycles. The van der Waals surface area contributed by atoms with Crippen LogP contribution in [0.1, 0.15) is 5.56 Å². The van der Waals surface area contributed by atoms with Crippen LogP contribution >= 0.6 is 0 Å². The summed E-state index contributed by atoms with van der Waals surface area (Å²) in [5.74, 6) is 0.287. The summed E-state index contributed by atoms with van der Waals surface area (Å²) in [4.78, 5) is 4.40. The monoisotopic (exact) mass is 313 g/mol. The first kappa shape index (κ1) is 14.0. The Labute approximate surface area is 136 Å². The summed E-state index contributed by atoms with van der Waals surface area (Å²) in [6, 6.07) is 18.8. The summed E-state index contributed by atoms with van der Waals surface area (Å²) >= 11 is 0. The van der Waals surface area contributed by atoms with Crippen LogP contribution in [0.25, 0.3) is 33.2 Å². The van der Waals surface area contributed by atoms with Gasteiger partial charge in [-0.3, -0.25) is 4.98 Å². The zero-order valence-corrected chi connectivity index (χ0v) is 12.5. The smallest absolute Gasteiger partial charge is 0.173 e. The van der Waals surface area contributed by atoms with Gasteiger partial charge in [0.2, 0.25) is 0 Å². The Bertz CT molecular complexity index is 1190. The maximum atomic E-state index is 9.56. The second-order valence-electron chi connectivity index (χ2n) is 5.28. The summed E-state index contributed by atoms with van der Waals surface area (Å²) in [7, 11) is 0. The molecule has 24 heavy (non-hydrogen) atoms. The SMILES string of the molecule is N#Cc1c(-c2cc3ccccc3cn2)oc2ccccc2c1=NO. The molecular weight excluding hydrogens is 302 g/mol. The van der Waals surface area contributed by atoms with Crippen molar-refractivity contribution in [3.05, 3.63) is 71.7 Å². The van der Waals surface area contributed by atoms with Gasteiger partial charge in [-0.05, 0) is 23.6 Å². The average Bonchev–Trinajstić information content (AvgIpc) is 2.65. The lowest BCUT2D eigenvalue weighted by Gasteiger charge is -2.07. The second kappa shape index (κ2) is 5.52. The minimum Gasteiger partial charge on any atom is -0.453 e. The van der Waals surface area contributed by atoms with Crippen molar-refractivity contribution in [3.63, 3.8) is 0 Å². The van der Waals surface area contributed by atoms with E-state index in [0.717, 1.165) is 10.8 Å². The normalized spacial score (nSPS) is 11.7. The fraction of sp³-hybridized carbons (Fsp3) is 0. The molecule has 2 aromatic heterocycles. The van der Waals surface area contributed by atoms with Gasteiger partial charge < -0.3 is 9.62 Å². The molecule has 5 heteroatoms. The molecule has 0 fully saturated rings. The van der Waals surface area contributed by atoms with Gasteiger partial charge in [-0.1, -0.05) is 41.6 Å². The third kappa shape index (κ3) is 2.09. The van der Waals surface area contributed by atoms with E-state index in [0.29, 0.717) is 16.7 Å². The fourth-order valence-electron chi connectivity index (χ4n) is 2.75. The van der Waals surface area contributed by atoms with Crippen LogP contribution in [-0.2, 0) is 0 Å². The highest BCUT2D eigenvalue weighted by atomic mass is 16.4. The van der Waals surface area contributed by atoms with Crippen molar-refractivity contribution in [3.8, 4) is 17.5 Å². The lowest BCUT2D eigenvalue weighted by molar-refractivity contribution is 0.302. The van der Waals surface area contributed by atoms with Crippen molar-refractivity contribution >= 4 is 21.7 Å². The number of para-hydroxylation sites is 1. The number of hydrogen-bond acceptors (Lipinski definition) is 5. The summed E-state index contributed by atoms with van der Waals surface area (Å²) in [5, 5.41) is 25.0. The molecule has 0 amide bonds. The first-order valence-electron chi connectivity index (χ1n) is 7.31. The van der Waals surface area contributed by atoms with Gasteiger partial charge in [0, 0.05) is 17.0 Å². The van der Waals surface area contributed by atoms with Gasteiger partial charge in [-0.25, -0.2) is 0 Å². The molecule has 4 rings (SSSR count). The quantitative estimate of drug-likeness (QED) is 0.428. The zero-order chi connectivity index (χ0) is 16.5. The highest BCUT2D eigenvalue weighted by molar-refractivity contribution is 5.86. The van der Waals surface area contributed by atoms with Gasteiger partial charge in [-0.15, -0.1) is 0 Å². The van der Waals surface area contributed by atoms with Crippen LogP contribution in [0.4, 0.5) is 0 Å². The number of rotatable bonds is 1. The molecule has 0 unspecified atom stereocenters. The minimum atomic E-state index is 0.152. The van der Waals surface area contributed by atoms with Crippen LogP contribution in [-0.4, -0.2) is 10.2 Å². The van der Waals surface area contributed by atoms with E-state index in [9.17, 15) is 10.5 Å². The molecule has 0 aliphatic carbocycles. The predicted octanol–water partition coefficient (Wildman–Crippen LogP) is 3.81. The zero-order valence-electron chi connectivity index (χ0n) is 12.5. The molecule has 2 aromatic carbocycles. The minimum absolute atomic E-state index is 0.152. The van der Waals surface area contributed by atoms with Gasteiger partial charge in [0.25, 0.3) is 0 Å². The fourth-order valence-corrected chi connectivity index (χ4v) is 2.75. The van der Waals surface area contributed by atoms with Crippen molar-refractivity contribution in [2.45, 2.75) is 0 Å². The molecule has 5 nitrogen and oxygen atoms in total. The van der Waals surface area contributed by atoms with E-state index in [2.05, 4.69) is 16.2 Å². The first-order chi connectivity index (χ1) is 11.8. The van der Waals surface area contributed by atoms with Gasteiger partial charge in [0.05, 0.1) is 0 Å².